The average Bonchev–Trinajstić information content (AvgIpc) is 2.32. The van der Waals surface area contributed by atoms with Crippen LogP contribution in [0.5, 0.6) is 11.5 Å². The topological polar surface area (TPSA) is 35.2 Å². The van der Waals surface area contributed by atoms with Gasteiger partial charge >= 0.3 is 6.18 Å². The summed E-state index contributed by atoms with van der Waals surface area (Å²) < 4.78 is 56.6. The summed E-state index contributed by atoms with van der Waals surface area (Å²) >= 11 is 0. The Balaban J connectivity index is 2.39. The van der Waals surface area contributed by atoms with Crippen molar-refractivity contribution in [3.05, 3.63) is 53.3 Å². The molecule has 0 radical (unpaired) electrons. The van der Waals surface area contributed by atoms with E-state index in [0.717, 1.165) is 17.7 Å². The molecule has 2 N–H and O–H groups in total. The van der Waals surface area contributed by atoms with Gasteiger partial charge < -0.3 is 10.5 Å². The molecule has 2 aromatic carbocycles. The molecule has 6 heteroatoms. The number of nitrogens with two attached hydrogens (primary N) is 1. The molecule has 0 aromatic heterocycles. The molecule has 0 heterocycles. The lowest BCUT2D eigenvalue weighted by Crippen LogP contribution is -2.06. The second-order valence-electron chi connectivity index (χ2n) is 4.32. The first-order valence-electron chi connectivity index (χ1n) is 5.67. The zero-order chi connectivity index (χ0) is 14.9. The van der Waals surface area contributed by atoms with Crippen LogP contribution in [0.1, 0.15) is 11.1 Å². The summed E-state index contributed by atoms with van der Waals surface area (Å²) in [6, 6.07) is 6.88. The Labute approximate surface area is 112 Å². The Morgan fingerprint density at radius 2 is 1.75 bits per heavy atom. The van der Waals surface area contributed by atoms with Crippen molar-refractivity contribution < 1.29 is 22.3 Å². The van der Waals surface area contributed by atoms with E-state index in [1.165, 1.54) is 24.3 Å². The molecule has 0 aliphatic heterocycles. The predicted octanol–water partition coefficient (Wildman–Crippen LogP) is 4.53. The largest absolute Gasteiger partial charge is 0.454 e. The van der Waals surface area contributed by atoms with Crippen LogP contribution in [0.4, 0.5) is 23.2 Å². The molecular weight excluding hydrogens is 274 g/mol. The van der Waals surface area contributed by atoms with Crippen molar-refractivity contribution in [1.82, 2.24) is 0 Å². The van der Waals surface area contributed by atoms with E-state index in [1.807, 2.05) is 0 Å². The van der Waals surface area contributed by atoms with Crippen molar-refractivity contribution in [3.8, 4) is 11.5 Å². The summed E-state index contributed by atoms with van der Waals surface area (Å²) in [5.74, 6) is -0.975. The minimum absolute atomic E-state index is 0.108. The highest BCUT2D eigenvalue weighted by atomic mass is 19.4. The SMILES string of the molecule is Cc1ccc(F)c(Oc2cc(N)cc(C(F)(F)F)c2)c1. The van der Waals surface area contributed by atoms with Crippen LogP contribution in [0.2, 0.25) is 0 Å². The van der Waals surface area contributed by atoms with Crippen LogP contribution < -0.4 is 10.5 Å². The highest BCUT2D eigenvalue weighted by Gasteiger charge is 2.31. The first kappa shape index (κ1) is 14.2. The van der Waals surface area contributed by atoms with E-state index in [0.29, 0.717) is 0 Å². The summed E-state index contributed by atoms with van der Waals surface area (Å²) in [7, 11) is 0. The fraction of sp³-hybridized carbons (Fsp3) is 0.143. The van der Waals surface area contributed by atoms with E-state index in [-0.39, 0.29) is 17.2 Å². The second-order valence-corrected chi connectivity index (χ2v) is 4.32. The maximum Gasteiger partial charge on any atom is 0.416 e. The molecule has 106 valence electrons. The van der Waals surface area contributed by atoms with Gasteiger partial charge in [0.05, 0.1) is 5.56 Å². The number of hydrogen-bond donors (Lipinski definition) is 1. The molecule has 2 rings (SSSR count). The summed E-state index contributed by atoms with van der Waals surface area (Å²) in [6.45, 7) is 1.72. The fourth-order valence-electron chi connectivity index (χ4n) is 1.66. The van der Waals surface area contributed by atoms with Crippen molar-refractivity contribution in [2.45, 2.75) is 13.1 Å². The number of halogens is 4. The summed E-state index contributed by atoms with van der Waals surface area (Å²) in [5, 5.41) is 0. The van der Waals surface area contributed by atoms with Gasteiger partial charge in [0.15, 0.2) is 11.6 Å². The van der Waals surface area contributed by atoms with Crippen molar-refractivity contribution >= 4 is 5.69 Å². The molecule has 0 saturated heterocycles. The third kappa shape index (κ3) is 3.20. The number of benzene rings is 2. The normalized spacial score (nSPS) is 11.4. The molecule has 2 aromatic rings. The van der Waals surface area contributed by atoms with E-state index in [4.69, 9.17) is 10.5 Å². The van der Waals surface area contributed by atoms with Gasteiger partial charge in [-0.3, -0.25) is 0 Å². The van der Waals surface area contributed by atoms with Gasteiger partial charge in [0.2, 0.25) is 0 Å². The molecule has 0 bridgehead atoms. The third-order valence-corrected chi connectivity index (χ3v) is 2.57. The molecule has 2 nitrogen and oxygen atoms in total. The van der Waals surface area contributed by atoms with E-state index in [2.05, 4.69) is 0 Å². The average molecular weight is 285 g/mol. The van der Waals surface area contributed by atoms with Crippen molar-refractivity contribution in [2.75, 3.05) is 5.73 Å². The van der Waals surface area contributed by atoms with Crippen LogP contribution in [0.25, 0.3) is 0 Å². The van der Waals surface area contributed by atoms with Crippen LogP contribution in [-0.4, -0.2) is 0 Å². The number of nitrogen functional groups attached to an aromatic ring is 1. The van der Waals surface area contributed by atoms with Gasteiger partial charge in [-0.1, -0.05) is 6.07 Å². The lowest BCUT2D eigenvalue weighted by molar-refractivity contribution is -0.137. The predicted molar refractivity (Wildman–Crippen MR) is 67.1 cm³/mol. The Morgan fingerprint density at radius 1 is 1.05 bits per heavy atom. The van der Waals surface area contributed by atoms with E-state index in [1.54, 1.807) is 6.92 Å². The van der Waals surface area contributed by atoms with Crippen molar-refractivity contribution in [1.29, 1.82) is 0 Å². The Hall–Kier alpha value is -2.24. The maximum absolute atomic E-state index is 13.5. The van der Waals surface area contributed by atoms with Gasteiger partial charge in [-0.2, -0.15) is 13.2 Å². The van der Waals surface area contributed by atoms with Gasteiger partial charge in [-0.25, -0.2) is 4.39 Å². The monoisotopic (exact) mass is 285 g/mol. The van der Waals surface area contributed by atoms with Crippen LogP contribution in [0, 0.1) is 12.7 Å². The van der Waals surface area contributed by atoms with E-state index < -0.39 is 17.6 Å². The van der Waals surface area contributed by atoms with Gasteiger partial charge in [0, 0.05) is 11.8 Å². The van der Waals surface area contributed by atoms with Gasteiger partial charge in [-0.15, -0.1) is 0 Å². The minimum atomic E-state index is -4.54. The van der Waals surface area contributed by atoms with Crippen LogP contribution in [-0.2, 0) is 6.18 Å². The van der Waals surface area contributed by atoms with E-state index in [9.17, 15) is 17.6 Å². The number of alkyl halides is 3. The third-order valence-electron chi connectivity index (χ3n) is 2.57. The number of aryl methyl sites for hydroxylation is 1. The molecule has 0 amide bonds. The first-order valence-corrected chi connectivity index (χ1v) is 5.67. The second kappa shape index (κ2) is 5.03. The Bertz CT molecular complexity index is 638. The van der Waals surface area contributed by atoms with Crippen LogP contribution in [0.15, 0.2) is 36.4 Å². The Morgan fingerprint density at radius 3 is 2.40 bits per heavy atom. The molecular formula is C14H11F4NO. The van der Waals surface area contributed by atoms with Gasteiger partial charge in [0.25, 0.3) is 0 Å². The zero-order valence-corrected chi connectivity index (χ0v) is 10.5. The van der Waals surface area contributed by atoms with Crippen molar-refractivity contribution in [2.24, 2.45) is 0 Å². The van der Waals surface area contributed by atoms with Crippen LogP contribution >= 0.6 is 0 Å². The molecule has 0 aliphatic carbocycles. The standard InChI is InChI=1S/C14H11F4NO/c1-8-2-3-12(15)13(4-8)20-11-6-9(14(16,17)18)5-10(19)7-11/h2-7H,19H2,1H3. The minimum Gasteiger partial charge on any atom is -0.454 e. The molecule has 0 fully saturated rings. The lowest BCUT2D eigenvalue weighted by atomic mass is 10.2. The number of rotatable bonds is 2. The molecule has 0 atom stereocenters. The Kier molecular flexibility index (Phi) is 3.57. The quantitative estimate of drug-likeness (QED) is 0.650. The summed E-state index contributed by atoms with van der Waals surface area (Å²) in [6.07, 6.45) is -4.54. The smallest absolute Gasteiger partial charge is 0.416 e. The fourth-order valence-corrected chi connectivity index (χ4v) is 1.66. The molecule has 20 heavy (non-hydrogen) atoms. The number of ether oxygens (including phenoxy) is 1. The zero-order valence-electron chi connectivity index (χ0n) is 10.5. The highest BCUT2D eigenvalue weighted by Crippen LogP contribution is 2.35. The molecule has 0 unspecified atom stereocenters. The van der Waals surface area contributed by atoms with Gasteiger partial charge in [-0.05, 0) is 36.8 Å². The van der Waals surface area contributed by atoms with Crippen LogP contribution in [0.3, 0.4) is 0 Å². The first-order chi connectivity index (χ1) is 9.25. The maximum atomic E-state index is 13.5. The number of anilines is 1. The number of hydrogen-bond acceptors (Lipinski definition) is 2. The summed E-state index contributed by atoms with van der Waals surface area (Å²) in [5.41, 5.74) is 5.08. The van der Waals surface area contributed by atoms with E-state index >= 15 is 0 Å². The lowest BCUT2D eigenvalue weighted by Gasteiger charge is -2.12. The molecule has 0 aliphatic rings. The summed E-state index contributed by atoms with van der Waals surface area (Å²) in [4.78, 5) is 0. The van der Waals surface area contributed by atoms with Gasteiger partial charge in [0.1, 0.15) is 5.75 Å². The molecule has 0 saturated carbocycles. The highest BCUT2D eigenvalue weighted by molar-refractivity contribution is 5.49. The molecule has 0 spiro atoms. The van der Waals surface area contributed by atoms with Crippen molar-refractivity contribution in [3.63, 3.8) is 0 Å².